The zero-order valence-corrected chi connectivity index (χ0v) is 23.5. The van der Waals surface area contributed by atoms with Crippen LogP contribution in [0.5, 0.6) is 0 Å². The van der Waals surface area contributed by atoms with E-state index in [0.29, 0.717) is 43.8 Å². The van der Waals surface area contributed by atoms with Crippen LogP contribution in [0.25, 0.3) is 0 Å². The summed E-state index contributed by atoms with van der Waals surface area (Å²) in [5.41, 5.74) is 0. The number of carbonyl (C=O) groups is 2. The summed E-state index contributed by atoms with van der Waals surface area (Å²) in [7, 11) is 0. The molecule has 0 spiro atoms. The van der Waals surface area contributed by atoms with Gasteiger partial charge in [0.15, 0.2) is 0 Å². The molecule has 0 bridgehead atoms. The van der Waals surface area contributed by atoms with Gasteiger partial charge in [0.2, 0.25) is 0 Å². The first-order valence-corrected chi connectivity index (χ1v) is 14.6. The number of unbranched alkanes of at least 4 members (excludes halogenated alkanes) is 9. The number of hydrogen-bond donors (Lipinski definition) is 0. The molecule has 0 aliphatic rings. The summed E-state index contributed by atoms with van der Waals surface area (Å²) in [6.07, 6.45) is 20.1. The molecule has 1 atom stereocenters. The van der Waals surface area contributed by atoms with Gasteiger partial charge in [-0.2, -0.15) is 0 Å². The van der Waals surface area contributed by atoms with Crippen LogP contribution < -0.4 is 0 Å². The third-order valence-corrected chi connectivity index (χ3v) is 6.55. The van der Waals surface area contributed by atoms with Crippen molar-refractivity contribution in [3.05, 3.63) is 0 Å². The molecular weight excluding hydrogens is 424 g/mol. The smallest absolute Gasteiger partial charge is 0.305 e. The lowest BCUT2D eigenvalue weighted by Gasteiger charge is -2.11. The zero-order chi connectivity index (χ0) is 25.4. The van der Waals surface area contributed by atoms with Crippen molar-refractivity contribution < 1.29 is 19.1 Å². The molecule has 34 heavy (non-hydrogen) atoms. The molecule has 0 N–H and O–H groups in total. The molecule has 202 valence electrons. The van der Waals surface area contributed by atoms with Gasteiger partial charge in [0.05, 0.1) is 13.2 Å². The minimum atomic E-state index is -0.0207. The molecule has 0 aliphatic heterocycles. The maximum absolute atomic E-state index is 11.8. The molecule has 1 unspecified atom stereocenters. The quantitative estimate of drug-likeness (QED) is 0.102. The van der Waals surface area contributed by atoms with Crippen molar-refractivity contribution in [2.24, 2.45) is 17.8 Å². The molecule has 0 rings (SSSR count). The van der Waals surface area contributed by atoms with Gasteiger partial charge in [-0.05, 0) is 56.3 Å². The predicted octanol–water partition coefficient (Wildman–Crippen LogP) is 9.04. The largest absolute Gasteiger partial charge is 0.466 e. The van der Waals surface area contributed by atoms with Crippen molar-refractivity contribution in [1.29, 1.82) is 0 Å². The summed E-state index contributed by atoms with van der Waals surface area (Å²) in [5, 5.41) is 0. The standard InChI is InChI=1S/C30H58O4/c1-26(2)18-16-24-33-29(31)21-15-13-11-9-7-6-8-10-12-14-20-28(5)22-23-30(32)34-25-17-19-27(3)4/h26-28H,6-25H2,1-5H3. The summed E-state index contributed by atoms with van der Waals surface area (Å²) in [5.74, 6) is 1.93. The van der Waals surface area contributed by atoms with Crippen LogP contribution in [0.1, 0.15) is 150 Å². The first-order chi connectivity index (χ1) is 16.3. The minimum Gasteiger partial charge on any atom is -0.466 e. The molecule has 0 aromatic rings. The first kappa shape index (κ1) is 32.9. The van der Waals surface area contributed by atoms with Crippen LogP contribution in [0.3, 0.4) is 0 Å². The van der Waals surface area contributed by atoms with E-state index in [1.54, 1.807) is 0 Å². The Morgan fingerprint density at radius 3 is 1.35 bits per heavy atom. The molecular formula is C30H58O4. The van der Waals surface area contributed by atoms with Gasteiger partial charge in [0.25, 0.3) is 0 Å². The molecule has 0 saturated heterocycles. The molecule has 0 saturated carbocycles. The molecule has 0 aromatic heterocycles. The van der Waals surface area contributed by atoms with Crippen LogP contribution >= 0.6 is 0 Å². The third kappa shape index (κ3) is 25.6. The fourth-order valence-electron chi connectivity index (χ4n) is 4.18. The van der Waals surface area contributed by atoms with Crippen LogP contribution in [0.15, 0.2) is 0 Å². The Balaban J connectivity index is 3.33. The fraction of sp³-hybridized carbons (Fsp3) is 0.933. The van der Waals surface area contributed by atoms with Gasteiger partial charge < -0.3 is 9.47 Å². The molecule has 4 nitrogen and oxygen atoms in total. The van der Waals surface area contributed by atoms with Gasteiger partial charge in [-0.3, -0.25) is 9.59 Å². The van der Waals surface area contributed by atoms with Gasteiger partial charge in [0, 0.05) is 12.8 Å². The van der Waals surface area contributed by atoms with Crippen molar-refractivity contribution >= 4 is 11.9 Å². The van der Waals surface area contributed by atoms with Crippen LogP contribution in [0.4, 0.5) is 0 Å². The number of ether oxygens (including phenoxy) is 2. The predicted molar refractivity (Wildman–Crippen MR) is 144 cm³/mol. The van der Waals surface area contributed by atoms with Crippen molar-refractivity contribution in [2.75, 3.05) is 13.2 Å². The van der Waals surface area contributed by atoms with Gasteiger partial charge in [-0.1, -0.05) is 98.8 Å². The van der Waals surface area contributed by atoms with E-state index in [1.165, 1.54) is 57.8 Å². The van der Waals surface area contributed by atoms with E-state index < -0.39 is 0 Å². The van der Waals surface area contributed by atoms with E-state index in [4.69, 9.17) is 9.47 Å². The second-order valence-corrected chi connectivity index (χ2v) is 11.2. The number of rotatable bonds is 24. The Kier molecular flexibility index (Phi) is 22.9. The van der Waals surface area contributed by atoms with Crippen LogP contribution in [0.2, 0.25) is 0 Å². The third-order valence-electron chi connectivity index (χ3n) is 6.55. The lowest BCUT2D eigenvalue weighted by molar-refractivity contribution is -0.145. The monoisotopic (exact) mass is 482 g/mol. The Hall–Kier alpha value is -1.06. The first-order valence-electron chi connectivity index (χ1n) is 14.6. The number of esters is 2. The Labute approximate surface area is 212 Å². The number of carbonyl (C=O) groups excluding carboxylic acids is 2. The van der Waals surface area contributed by atoms with Gasteiger partial charge in [0.1, 0.15) is 0 Å². The highest BCUT2D eigenvalue weighted by atomic mass is 16.5. The fourth-order valence-corrected chi connectivity index (χ4v) is 4.18. The Morgan fingerprint density at radius 1 is 0.471 bits per heavy atom. The molecule has 4 heteroatoms. The summed E-state index contributed by atoms with van der Waals surface area (Å²) < 4.78 is 10.6. The minimum absolute atomic E-state index is 0.0184. The highest BCUT2D eigenvalue weighted by molar-refractivity contribution is 5.69. The molecule has 0 aromatic carbocycles. The van der Waals surface area contributed by atoms with Crippen LogP contribution in [-0.4, -0.2) is 25.2 Å². The van der Waals surface area contributed by atoms with Gasteiger partial charge in [-0.25, -0.2) is 0 Å². The maximum Gasteiger partial charge on any atom is 0.305 e. The lowest BCUT2D eigenvalue weighted by Crippen LogP contribution is -2.08. The van der Waals surface area contributed by atoms with Crippen molar-refractivity contribution in [1.82, 2.24) is 0 Å². The number of hydrogen-bond acceptors (Lipinski definition) is 4. The average molecular weight is 483 g/mol. The Bertz CT molecular complexity index is 472. The van der Waals surface area contributed by atoms with Crippen LogP contribution in [-0.2, 0) is 19.1 Å². The maximum atomic E-state index is 11.8. The van der Waals surface area contributed by atoms with E-state index in [9.17, 15) is 9.59 Å². The highest BCUT2D eigenvalue weighted by Gasteiger charge is 2.08. The lowest BCUT2D eigenvalue weighted by atomic mass is 9.97. The van der Waals surface area contributed by atoms with Crippen molar-refractivity contribution in [3.8, 4) is 0 Å². The van der Waals surface area contributed by atoms with Crippen LogP contribution in [0, 0.1) is 17.8 Å². The second kappa shape index (κ2) is 23.7. The molecule has 0 fully saturated rings. The summed E-state index contributed by atoms with van der Waals surface area (Å²) in [6.45, 7) is 12.2. The average Bonchev–Trinajstić information content (AvgIpc) is 2.78. The topological polar surface area (TPSA) is 52.6 Å². The molecule has 0 radical (unpaired) electrons. The summed E-state index contributed by atoms with van der Waals surface area (Å²) >= 11 is 0. The molecule has 0 amide bonds. The molecule has 0 aliphatic carbocycles. The van der Waals surface area contributed by atoms with Gasteiger partial charge in [-0.15, -0.1) is 0 Å². The van der Waals surface area contributed by atoms with Crippen molar-refractivity contribution in [3.63, 3.8) is 0 Å². The second-order valence-electron chi connectivity index (χ2n) is 11.2. The van der Waals surface area contributed by atoms with Crippen molar-refractivity contribution in [2.45, 2.75) is 150 Å². The summed E-state index contributed by atoms with van der Waals surface area (Å²) in [4.78, 5) is 23.5. The SMILES string of the molecule is CC(C)CCCOC(=O)CCCCCCCCCCCCC(C)CCC(=O)OCCCC(C)C. The van der Waals surface area contributed by atoms with Gasteiger partial charge >= 0.3 is 11.9 Å². The summed E-state index contributed by atoms with van der Waals surface area (Å²) in [6, 6.07) is 0. The van der Waals surface area contributed by atoms with E-state index in [-0.39, 0.29) is 11.9 Å². The van der Waals surface area contributed by atoms with E-state index in [0.717, 1.165) is 44.9 Å². The van der Waals surface area contributed by atoms with E-state index in [1.807, 2.05) is 0 Å². The zero-order valence-electron chi connectivity index (χ0n) is 23.5. The van der Waals surface area contributed by atoms with E-state index in [2.05, 4.69) is 34.6 Å². The van der Waals surface area contributed by atoms with E-state index >= 15 is 0 Å². The highest BCUT2D eigenvalue weighted by Crippen LogP contribution is 2.17. The normalized spacial score (nSPS) is 12.3. The Morgan fingerprint density at radius 2 is 0.882 bits per heavy atom. The molecule has 0 heterocycles.